The van der Waals surface area contributed by atoms with Crippen LogP contribution in [0.15, 0.2) is 21.4 Å². The summed E-state index contributed by atoms with van der Waals surface area (Å²) in [4.78, 5) is 0. The molecule has 1 aromatic rings. The second kappa shape index (κ2) is 7.87. The van der Waals surface area contributed by atoms with Gasteiger partial charge in [0.25, 0.3) is 0 Å². The van der Waals surface area contributed by atoms with Crippen LogP contribution in [0, 0.1) is 0 Å². The number of nitrogens with two attached hydrogens (primary N) is 1. The lowest BCUT2D eigenvalue weighted by atomic mass is 10.0. The summed E-state index contributed by atoms with van der Waals surface area (Å²) in [6.45, 7) is 2.23. The number of unbranched alkanes of at least 4 members (excludes halogenated alkanes) is 4. The van der Waals surface area contributed by atoms with E-state index < -0.39 is 0 Å². The smallest absolute Gasteiger partial charge is 0.173 e. The second-order valence-corrected chi connectivity index (χ2v) is 4.79. The molecule has 3 N–H and O–H groups in total. The van der Waals surface area contributed by atoms with E-state index >= 15 is 0 Å². The minimum absolute atomic E-state index is 0.190. The highest BCUT2D eigenvalue weighted by molar-refractivity contribution is 9.10. The summed E-state index contributed by atoms with van der Waals surface area (Å²) in [6.07, 6.45) is 9.15. The van der Waals surface area contributed by atoms with Crippen molar-refractivity contribution in [3.8, 4) is 0 Å². The van der Waals surface area contributed by atoms with Crippen molar-refractivity contribution >= 4 is 15.9 Å². The van der Waals surface area contributed by atoms with E-state index in [9.17, 15) is 0 Å². The van der Waals surface area contributed by atoms with Crippen LogP contribution in [0.2, 0.25) is 0 Å². The highest BCUT2D eigenvalue weighted by atomic mass is 79.9. The minimum Gasteiger partial charge on any atom is -0.457 e. The first kappa shape index (κ1) is 13.7. The Kier molecular flexibility index (Phi) is 6.76. The van der Waals surface area contributed by atoms with Crippen LogP contribution in [0.1, 0.15) is 57.1 Å². The Morgan fingerprint density at radius 1 is 1.38 bits per heavy atom. The molecule has 0 radical (unpaired) electrons. The molecule has 92 valence electrons. The maximum atomic E-state index is 5.56. The highest BCUT2D eigenvalue weighted by Crippen LogP contribution is 2.27. The lowest BCUT2D eigenvalue weighted by molar-refractivity contribution is 0.464. The van der Waals surface area contributed by atoms with Gasteiger partial charge < -0.3 is 4.42 Å². The van der Waals surface area contributed by atoms with Gasteiger partial charge in [-0.3, -0.25) is 11.3 Å². The summed E-state index contributed by atoms with van der Waals surface area (Å²) in [6, 6.07) is 2.15. The van der Waals surface area contributed by atoms with Gasteiger partial charge in [0, 0.05) is 5.56 Å². The third-order valence-electron chi connectivity index (χ3n) is 2.82. The first-order chi connectivity index (χ1) is 7.79. The average molecular weight is 289 g/mol. The molecule has 0 spiro atoms. The van der Waals surface area contributed by atoms with E-state index in [2.05, 4.69) is 28.3 Å². The number of furan rings is 1. The molecule has 0 amide bonds. The van der Waals surface area contributed by atoms with Crippen LogP contribution in [0.25, 0.3) is 0 Å². The molecule has 4 heteroatoms. The van der Waals surface area contributed by atoms with Crippen LogP contribution in [0.3, 0.4) is 0 Å². The van der Waals surface area contributed by atoms with E-state index in [4.69, 9.17) is 10.3 Å². The van der Waals surface area contributed by atoms with Gasteiger partial charge in [0.1, 0.15) is 0 Å². The number of hydrogen-bond acceptors (Lipinski definition) is 3. The van der Waals surface area contributed by atoms with Crippen molar-refractivity contribution in [3.05, 3.63) is 22.6 Å². The first-order valence-electron chi connectivity index (χ1n) is 5.98. The van der Waals surface area contributed by atoms with Gasteiger partial charge >= 0.3 is 0 Å². The molecule has 0 fully saturated rings. The SMILES string of the molecule is CCCCCCCC(NN)c1ccoc1Br. The molecule has 16 heavy (non-hydrogen) atoms. The van der Waals surface area contributed by atoms with E-state index in [1.165, 1.54) is 32.1 Å². The van der Waals surface area contributed by atoms with Gasteiger partial charge in [0.15, 0.2) is 4.67 Å². The molecule has 0 bridgehead atoms. The fraction of sp³-hybridized carbons (Fsp3) is 0.667. The third kappa shape index (κ3) is 4.28. The fourth-order valence-electron chi connectivity index (χ4n) is 1.83. The van der Waals surface area contributed by atoms with Crippen LogP contribution in [0.5, 0.6) is 0 Å². The Bertz CT molecular complexity index is 288. The maximum Gasteiger partial charge on any atom is 0.173 e. The third-order valence-corrected chi connectivity index (χ3v) is 3.46. The van der Waals surface area contributed by atoms with Crippen molar-refractivity contribution in [1.29, 1.82) is 0 Å². The minimum atomic E-state index is 0.190. The van der Waals surface area contributed by atoms with E-state index in [0.717, 1.165) is 16.7 Å². The van der Waals surface area contributed by atoms with E-state index in [1.807, 2.05) is 6.07 Å². The van der Waals surface area contributed by atoms with E-state index in [0.29, 0.717) is 0 Å². The van der Waals surface area contributed by atoms with Gasteiger partial charge in [0.2, 0.25) is 0 Å². The van der Waals surface area contributed by atoms with Gasteiger partial charge in [-0.25, -0.2) is 0 Å². The molecule has 1 atom stereocenters. The molecule has 0 aliphatic rings. The Morgan fingerprint density at radius 2 is 2.12 bits per heavy atom. The molecule has 1 rings (SSSR count). The Morgan fingerprint density at radius 3 is 2.69 bits per heavy atom. The zero-order valence-corrected chi connectivity index (χ0v) is 11.4. The predicted octanol–water partition coefficient (Wildman–Crippen LogP) is 3.91. The fourth-order valence-corrected chi connectivity index (χ4v) is 2.35. The lowest BCUT2D eigenvalue weighted by Gasteiger charge is -2.14. The van der Waals surface area contributed by atoms with Gasteiger partial charge in [-0.05, 0) is 28.4 Å². The largest absolute Gasteiger partial charge is 0.457 e. The molecular formula is C12H21BrN2O. The molecule has 0 aliphatic carbocycles. The molecule has 0 aliphatic heterocycles. The Hall–Kier alpha value is -0.320. The molecule has 0 saturated carbocycles. The zero-order chi connectivity index (χ0) is 11.8. The van der Waals surface area contributed by atoms with Gasteiger partial charge in [0.05, 0.1) is 12.3 Å². The van der Waals surface area contributed by atoms with Crippen LogP contribution < -0.4 is 11.3 Å². The van der Waals surface area contributed by atoms with Crippen molar-refractivity contribution in [2.24, 2.45) is 5.84 Å². The number of rotatable bonds is 8. The van der Waals surface area contributed by atoms with Crippen molar-refractivity contribution in [2.45, 2.75) is 51.5 Å². The summed E-state index contributed by atoms with van der Waals surface area (Å²) in [5, 5.41) is 0. The van der Waals surface area contributed by atoms with Crippen molar-refractivity contribution in [3.63, 3.8) is 0 Å². The van der Waals surface area contributed by atoms with Crippen LogP contribution in [-0.4, -0.2) is 0 Å². The molecular weight excluding hydrogens is 268 g/mol. The first-order valence-corrected chi connectivity index (χ1v) is 6.78. The topological polar surface area (TPSA) is 51.2 Å². The van der Waals surface area contributed by atoms with Crippen molar-refractivity contribution in [1.82, 2.24) is 5.43 Å². The summed E-state index contributed by atoms with van der Waals surface area (Å²) in [5.41, 5.74) is 3.96. The Labute approximate surface area is 106 Å². The van der Waals surface area contributed by atoms with E-state index in [-0.39, 0.29) is 6.04 Å². The number of hydrogen-bond donors (Lipinski definition) is 2. The van der Waals surface area contributed by atoms with E-state index in [1.54, 1.807) is 6.26 Å². The highest BCUT2D eigenvalue weighted by Gasteiger charge is 2.14. The van der Waals surface area contributed by atoms with Crippen LogP contribution >= 0.6 is 15.9 Å². The van der Waals surface area contributed by atoms with Gasteiger partial charge in [-0.1, -0.05) is 39.0 Å². The van der Waals surface area contributed by atoms with Crippen LogP contribution in [-0.2, 0) is 0 Å². The normalized spacial score (nSPS) is 12.9. The van der Waals surface area contributed by atoms with Gasteiger partial charge in [-0.15, -0.1) is 0 Å². The average Bonchev–Trinajstić information content (AvgIpc) is 2.70. The summed E-state index contributed by atoms with van der Waals surface area (Å²) in [5.74, 6) is 5.56. The second-order valence-electron chi connectivity index (χ2n) is 4.07. The zero-order valence-electron chi connectivity index (χ0n) is 9.84. The molecule has 1 heterocycles. The number of nitrogens with one attached hydrogen (secondary N) is 1. The van der Waals surface area contributed by atoms with Gasteiger partial charge in [-0.2, -0.15) is 0 Å². The molecule has 0 saturated heterocycles. The Balaban J connectivity index is 2.30. The maximum absolute atomic E-state index is 5.56. The van der Waals surface area contributed by atoms with Crippen LogP contribution in [0.4, 0.5) is 0 Å². The lowest BCUT2D eigenvalue weighted by Crippen LogP contribution is -2.27. The molecule has 1 unspecified atom stereocenters. The summed E-state index contributed by atoms with van der Waals surface area (Å²) in [7, 11) is 0. The van der Waals surface area contributed by atoms with Crippen molar-refractivity contribution in [2.75, 3.05) is 0 Å². The number of hydrazine groups is 1. The standard InChI is InChI=1S/C12H21BrN2O/c1-2-3-4-5-6-7-11(15-14)10-8-9-16-12(10)13/h8-9,11,15H,2-7,14H2,1H3. The monoisotopic (exact) mass is 288 g/mol. The molecule has 0 aromatic carbocycles. The molecule has 3 nitrogen and oxygen atoms in total. The molecule has 1 aromatic heterocycles. The number of halogens is 1. The summed E-state index contributed by atoms with van der Waals surface area (Å²) >= 11 is 3.38. The predicted molar refractivity (Wildman–Crippen MR) is 69.8 cm³/mol. The summed E-state index contributed by atoms with van der Waals surface area (Å²) < 4.78 is 5.99. The quantitative estimate of drug-likeness (QED) is 0.433. The van der Waals surface area contributed by atoms with Crippen molar-refractivity contribution < 1.29 is 4.42 Å².